The van der Waals surface area contributed by atoms with Crippen LogP contribution >= 0.6 is 0 Å². The van der Waals surface area contributed by atoms with Crippen molar-refractivity contribution in [2.75, 3.05) is 5.32 Å². The molecule has 0 aliphatic rings. The molecule has 0 aliphatic heterocycles. The number of para-hydroxylation sites is 1. The van der Waals surface area contributed by atoms with E-state index in [1.807, 2.05) is 0 Å². The fourth-order valence-electron chi connectivity index (χ4n) is 0.984. The van der Waals surface area contributed by atoms with E-state index in [9.17, 15) is 13.2 Å². The molecule has 1 aromatic carbocycles. The molecular weight excluding hydrogens is 206 g/mol. The standard InChI is InChI=1S/C8H9NO4S/c1-6(10)9-7-4-2-3-5-8(7)14(11,12)13/h2-5H,1H3,(H,9,10)(H,11,12,13). The van der Waals surface area contributed by atoms with E-state index in [0.717, 1.165) is 0 Å². The second kappa shape index (κ2) is 3.77. The summed E-state index contributed by atoms with van der Waals surface area (Å²) >= 11 is 0. The number of hydrogen-bond donors (Lipinski definition) is 2. The molecule has 0 spiro atoms. The molecule has 0 saturated carbocycles. The fraction of sp³-hybridized carbons (Fsp3) is 0.125. The van der Waals surface area contributed by atoms with Gasteiger partial charge in [-0.05, 0) is 12.1 Å². The molecule has 6 heteroatoms. The second-order valence-corrected chi connectivity index (χ2v) is 4.04. The average molecular weight is 215 g/mol. The van der Waals surface area contributed by atoms with Gasteiger partial charge in [0.2, 0.25) is 5.91 Å². The molecule has 5 nitrogen and oxygen atoms in total. The number of amides is 1. The summed E-state index contributed by atoms with van der Waals surface area (Å²) in [7, 11) is -4.29. The lowest BCUT2D eigenvalue weighted by atomic mass is 10.3. The molecule has 0 fully saturated rings. The first-order valence-electron chi connectivity index (χ1n) is 3.75. The quantitative estimate of drug-likeness (QED) is 0.718. The van der Waals surface area contributed by atoms with E-state index >= 15 is 0 Å². The molecule has 1 rings (SSSR count). The van der Waals surface area contributed by atoms with E-state index in [1.165, 1.54) is 25.1 Å². The molecule has 1 aromatic rings. The van der Waals surface area contributed by atoms with Crippen molar-refractivity contribution in [2.45, 2.75) is 11.8 Å². The molecule has 14 heavy (non-hydrogen) atoms. The highest BCUT2D eigenvalue weighted by Gasteiger charge is 2.14. The van der Waals surface area contributed by atoms with Gasteiger partial charge in [-0.15, -0.1) is 0 Å². The number of hydrogen-bond acceptors (Lipinski definition) is 3. The van der Waals surface area contributed by atoms with Crippen molar-refractivity contribution in [1.82, 2.24) is 0 Å². The molecule has 0 aliphatic carbocycles. The number of carbonyl (C=O) groups excluding carboxylic acids is 1. The van der Waals surface area contributed by atoms with Crippen LogP contribution in [0.25, 0.3) is 0 Å². The summed E-state index contributed by atoms with van der Waals surface area (Å²) in [6.45, 7) is 1.25. The van der Waals surface area contributed by atoms with Gasteiger partial charge >= 0.3 is 0 Å². The summed E-state index contributed by atoms with van der Waals surface area (Å²) in [4.78, 5) is 10.4. The van der Waals surface area contributed by atoms with E-state index in [0.29, 0.717) is 0 Å². The normalized spacial score (nSPS) is 11.0. The maximum Gasteiger partial charge on any atom is 0.296 e. The number of anilines is 1. The largest absolute Gasteiger partial charge is 0.325 e. The molecular formula is C8H9NO4S. The Labute approximate surface area is 81.5 Å². The Morgan fingerprint density at radius 2 is 1.93 bits per heavy atom. The Hall–Kier alpha value is -1.40. The third-order valence-electron chi connectivity index (χ3n) is 1.48. The second-order valence-electron chi connectivity index (χ2n) is 2.65. The molecule has 0 heterocycles. The molecule has 0 saturated heterocycles. The molecule has 1 amide bonds. The lowest BCUT2D eigenvalue weighted by Crippen LogP contribution is -2.10. The van der Waals surface area contributed by atoms with E-state index in [1.54, 1.807) is 6.07 Å². The molecule has 0 atom stereocenters. The highest BCUT2D eigenvalue weighted by atomic mass is 32.2. The van der Waals surface area contributed by atoms with Crippen LogP contribution in [0, 0.1) is 0 Å². The molecule has 0 radical (unpaired) electrons. The van der Waals surface area contributed by atoms with Crippen LogP contribution in [0.2, 0.25) is 0 Å². The van der Waals surface area contributed by atoms with Crippen LogP contribution in [0.1, 0.15) is 6.92 Å². The van der Waals surface area contributed by atoms with Gasteiger partial charge in [-0.1, -0.05) is 12.1 Å². The van der Waals surface area contributed by atoms with Crippen LogP contribution in [0.5, 0.6) is 0 Å². The van der Waals surface area contributed by atoms with Crippen LogP contribution < -0.4 is 5.32 Å². The van der Waals surface area contributed by atoms with Crippen LogP contribution in [-0.4, -0.2) is 18.9 Å². The lowest BCUT2D eigenvalue weighted by molar-refractivity contribution is -0.114. The van der Waals surface area contributed by atoms with Gasteiger partial charge in [0.05, 0.1) is 5.69 Å². The Morgan fingerprint density at radius 3 is 2.43 bits per heavy atom. The summed E-state index contributed by atoms with van der Waals surface area (Å²) in [6.07, 6.45) is 0. The molecule has 76 valence electrons. The number of rotatable bonds is 2. The zero-order valence-corrected chi connectivity index (χ0v) is 8.21. The minimum absolute atomic E-state index is 0.0718. The fourth-order valence-corrected chi connectivity index (χ4v) is 1.63. The van der Waals surface area contributed by atoms with Gasteiger partial charge in [0.1, 0.15) is 4.90 Å². The smallest absolute Gasteiger partial charge is 0.296 e. The first-order valence-corrected chi connectivity index (χ1v) is 5.19. The first-order chi connectivity index (χ1) is 6.41. The van der Waals surface area contributed by atoms with Gasteiger partial charge < -0.3 is 5.32 Å². The van der Waals surface area contributed by atoms with Crippen LogP contribution in [0.4, 0.5) is 5.69 Å². The van der Waals surface area contributed by atoms with E-state index in [4.69, 9.17) is 4.55 Å². The van der Waals surface area contributed by atoms with Crippen molar-refractivity contribution in [3.05, 3.63) is 24.3 Å². The number of benzene rings is 1. The minimum atomic E-state index is -4.29. The maximum atomic E-state index is 10.8. The Kier molecular flexibility index (Phi) is 2.87. The van der Waals surface area contributed by atoms with Crippen LogP contribution in [0.15, 0.2) is 29.2 Å². The van der Waals surface area contributed by atoms with Crippen LogP contribution in [0.3, 0.4) is 0 Å². The maximum absolute atomic E-state index is 10.8. The van der Waals surface area contributed by atoms with Gasteiger partial charge in [0.15, 0.2) is 0 Å². The van der Waals surface area contributed by atoms with Crippen LogP contribution in [-0.2, 0) is 14.9 Å². The zero-order valence-electron chi connectivity index (χ0n) is 7.39. The minimum Gasteiger partial charge on any atom is -0.325 e. The molecule has 0 unspecified atom stereocenters. The summed E-state index contributed by atoms with van der Waals surface area (Å²) in [5, 5.41) is 2.30. The topological polar surface area (TPSA) is 83.5 Å². The Bertz CT molecular complexity index is 452. The van der Waals surface area contributed by atoms with Gasteiger partial charge in [-0.2, -0.15) is 8.42 Å². The molecule has 2 N–H and O–H groups in total. The average Bonchev–Trinajstić information content (AvgIpc) is 2.01. The first kappa shape index (κ1) is 10.7. The van der Waals surface area contributed by atoms with Gasteiger partial charge in [-0.25, -0.2) is 0 Å². The SMILES string of the molecule is CC(=O)Nc1ccccc1S(=O)(=O)O. The van der Waals surface area contributed by atoms with Crippen molar-refractivity contribution >= 4 is 21.7 Å². The Morgan fingerprint density at radius 1 is 1.36 bits per heavy atom. The van der Waals surface area contributed by atoms with Gasteiger partial charge in [0, 0.05) is 6.92 Å². The van der Waals surface area contributed by atoms with Gasteiger partial charge in [-0.3, -0.25) is 9.35 Å². The molecule has 0 aromatic heterocycles. The third-order valence-corrected chi connectivity index (χ3v) is 2.39. The predicted molar refractivity (Wildman–Crippen MR) is 50.6 cm³/mol. The summed E-state index contributed by atoms with van der Waals surface area (Å²) < 4.78 is 30.5. The van der Waals surface area contributed by atoms with Crippen molar-refractivity contribution in [3.8, 4) is 0 Å². The third kappa shape index (κ3) is 2.54. The van der Waals surface area contributed by atoms with Crippen molar-refractivity contribution in [3.63, 3.8) is 0 Å². The Balaban J connectivity index is 3.23. The summed E-state index contributed by atoms with van der Waals surface area (Å²) in [5.41, 5.74) is 0.0718. The van der Waals surface area contributed by atoms with Crippen molar-refractivity contribution in [2.24, 2.45) is 0 Å². The van der Waals surface area contributed by atoms with Crippen molar-refractivity contribution in [1.29, 1.82) is 0 Å². The van der Waals surface area contributed by atoms with E-state index in [-0.39, 0.29) is 10.6 Å². The van der Waals surface area contributed by atoms with Crippen molar-refractivity contribution < 1.29 is 17.8 Å². The number of carbonyl (C=O) groups is 1. The zero-order chi connectivity index (χ0) is 10.8. The predicted octanol–water partition coefficient (Wildman–Crippen LogP) is 0.892. The summed E-state index contributed by atoms with van der Waals surface area (Å²) in [6, 6.07) is 5.61. The highest BCUT2D eigenvalue weighted by molar-refractivity contribution is 7.86. The highest BCUT2D eigenvalue weighted by Crippen LogP contribution is 2.19. The summed E-state index contributed by atoms with van der Waals surface area (Å²) in [5.74, 6) is -0.402. The number of nitrogens with one attached hydrogen (secondary N) is 1. The van der Waals surface area contributed by atoms with E-state index in [2.05, 4.69) is 5.32 Å². The van der Waals surface area contributed by atoms with Gasteiger partial charge in [0.25, 0.3) is 10.1 Å². The van der Waals surface area contributed by atoms with E-state index < -0.39 is 16.0 Å². The lowest BCUT2D eigenvalue weighted by Gasteiger charge is -2.06. The molecule has 0 bridgehead atoms. The monoisotopic (exact) mass is 215 g/mol.